The summed E-state index contributed by atoms with van der Waals surface area (Å²) in [5.74, 6) is -5.75. The van der Waals surface area contributed by atoms with E-state index in [0.717, 1.165) is 0 Å². The molecule has 0 spiro atoms. The molecule has 2 saturated heterocycles. The quantitative estimate of drug-likeness (QED) is 0.370. The smallest absolute Gasteiger partial charge is 0.368 e. The fourth-order valence-electron chi connectivity index (χ4n) is 6.02. The summed E-state index contributed by atoms with van der Waals surface area (Å²) in [5.41, 5.74) is 3.77. The van der Waals surface area contributed by atoms with Crippen LogP contribution >= 0.6 is 0 Å². The maximum Gasteiger partial charge on any atom is 0.471 e. The number of carbonyl (C=O) groups is 5. The van der Waals surface area contributed by atoms with Crippen molar-refractivity contribution in [2.24, 2.45) is 34.3 Å². The van der Waals surface area contributed by atoms with Crippen molar-refractivity contribution in [3.05, 3.63) is 0 Å². The van der Waals surface area contributed by atoms with Gasteiger partial charge in [-0.05, 0) is 55.8 Å². The van der Waals surface area contributed by atoms with Crippen molar-refractivity contribution in [2.75, 3.05) is 6.54 Å². The highest BCUT2D eigenvalue weighted by Gasteiger charge is 2.70. The van der Waals surface area contributed by atoms with Gasteiger partial charge < -0.3 is 26.6 Å². The number of likely N-dealkylation sites (tertiary alicyclic amines) is 1. The number of fused-ring (bicyclic) bond motifs is 1. The molecule has 0 bridgehead atoms. The lowest BCUT2D eigenvalue weighted by Gasteiger charge is -2.38. The van der Waals surface area contributed by atoms with Crippen LogP contribution in [0.15, 0.2) is 0 Å². The summed E-state index contributed by atoms with van der Waals surface area (Å²) in [6.07, 6.45) is -4.04. The molecule has 3 aliphatic rings. The molecule has 0 aromatic carbocycles. The van der Waals surface area contributed by atoms with Gasteiger partial charge in [-0.1, -0.05) is 34.6 Å². The Morgan fingerprint density at radius 3 is 2.18 bits per heavy atom. The molecule has 220 valence electrons. The van der Waals surface area contributed by atoms with Gasteiger partial charge in [-0.2, -0.15) is 13.2 Å². The summed E-state index contributed by atoms with van der Waals surface area (Å²) in [5, 5.41) is 7.30. The molecule has 10 nitrogen and oxygen atoms in total. The predicted molar refractivity (Wildman–Crippen MR) is 134 cm³/mol. The van der Waals surface area contributed by atoms with Crippen LogP contribution in [0.4, 0.5) is 13.2 Å². The molecule has 39 heavy (non-hydrogen) atoms. The Hall–Kier alpha value is -2.86. The third-order valence-corrected chi connectivity index (χ3v) is 8.54. The van der Waals surface area contributed by atoms with Crippen molar-refractivity contribution in [1.29, 1.82) is 0 Å². The second-order valence-electron chi connectivity index (χ2n) is 13.5. The van der Waals surface area contributed by atoms with Crippen molar-refractivity contribution in [3.63, 3.8) is 0 Å². The number of nitrogens with one attached hydrogen (secondary N) is 3. The number of alkyl halides is 3. The molecule has 5 N–H and O–H groups in total. The van der Waals surface area contributed by atoms with E-state index in [2.05, 4.69) is 10.6 Å². The summed E-state index contributed by atoms with van der Waals surface area (Å²) < 4.78 is 39.1. The van der Waals surface area contributed by atoms with E-state index in [1.54, 1.807) is 5.32 Å². The third-order valence-electron chi connectivity index (χ3n) is 8.54. The van der Waals surface area contributed by atoms with E-state index in [0.29, 0.717) is 12.8 Å². The Morgan fingerprint density at radius 1 is 1.10 bits per heavy atom. The largest absolute Gasteiger partial charge is 0.471 e. The van der Waals surface area contributed by atoms with Gasteiger partial charge in [-0.15, -0.1) is 0 Å². The maximum absolute atomic E-state index is 13.6. The zero-order valence-electron chi connectivity index (χ0n) is 23.5. The Morgan fingerprint density at radius 2 is 1.69 bits per heavy atom. The van der Waals surface area contributed by atoms with Crippen LogP contribution in [0.5, 0.6) is 0 Å². The summed E-state index contributed by atoms with van der Waals surface area (Å²) in [6.45, 7) is 12.3. The average Bonchev–Trinajstić information content (AvgIpc) is 3.10. The summed E-state index contributed by atoms with van der Waals surface area (Å²) in [6, 6.07) is -3.81. The van der Waals surface area contributed by atoms with E-state index in [1.807, 2.05) is 27.7 Å². The van der Waals surface area contributed by atoms with E-state index < -0.39 is 59.3 Å². The monoisotopic (exact) mass is 559 g/mol. The fourth-order valence-corrected chi connectivity index (χ4v) is 6.02. The van der Waals surface area contributed by atoms with E-state index in [4.69, 9.17) is 5.73 Å². The number of carbonyl (C=O) groups excluding carboxylic acids is 5. The standard InChI is InChI=1S/C26H40F3N5O5/c1-23(2,3)17(32-22(39)26(27,28)29)21(38)34-11-13-15(25(13,6)7)16(34)20(37)31-14(18(30)35)10-12-8-9-24(4,5)33-19(12)36/h12-17H,8-11H2,1-7H3,(H2,30,35)(H,31,37)(H,32,39)(H,33,36)/t12?,13-,14-,15-,16-,17+/m0/s1. The first kappa shape index (κ1) is 30.7. The van der Waals surface area contributed by atoms with Crippen LogP contribution in [0, 0.1) is 28.6 Å². The van der Waals surface area contributed by atoms with Gasteiger partial charge in [0.25, 0.3) is 0 Å². The summed E-state index contributed by atoms with van der Waals surface area (Å²) in [4.78, 5) is 65.0. The van der Waals surface area contributed by atoms with Crippen molar-refractivity contribution >= 4 is 29.5 Å². The van der Waals surface area contributed by atoms with Crippen LogP contribution in [0.2, 0.25) is 0 Å². The molecule has 2 heterocycles. The minimum absolute atomic E-state index is 0.0204. The molecule has 3 rings (SSSR count). The highest BCUT2D eigenvalue weighted by molar-refractivity contribution is 5.96. The van der Waals surface area contributed by atoms with Crippen molar-refractivity contribution in [3.8, 4) is 0 Å². The van der Waals surface area contributed by atoms with Gasteiger partial charge in [0.2, 0.25) is 23.6 Å². The Bertz CT molecular complexity index is 1050. The van der Waals surface area contributed by atoms with Gasteiger partial charge >= 0.3 is 12.1 Å². The Labute approximate surface area is 226 Å². The van der Waals surface area contributed by atoms with E-state index >= 15 is 0 Å². The number of nitrogens with two attached hydrogens (primary N) is 1. The van der Waals surface area contributed by atoms with Crippen molar-refractivity contribution in [2.45, 2.75) is 97.6 Å². The molecule has 0 radical (unpaired) electrons. The molecule has 0 aromatic rings. The molecule has 0 aromatic heterocycles. The molecule has 6 atom stereocenters. The predicted octanol–water partition coefficient (Wildman–Crippen LogP) is 1.23. The molecule has 3 fully saturated rings. The van der Waals surface area contributed by atoms with Crippen LogP contribution in [0.1, 0.15) is 67.7 Å². The second kappa shape index (κ2) is 9.96. The van der Waals surface area contributed by atoms with Crippen molar-refractivity contribution in [1.82, 2.24) is 20.9 Å². The molecule has 13 heteroatoms. The lowest BCUT2D eigenvalue weighted by molar-refractivity contribution is -0.176. The average molecular weight is 560 g/mol. The van der Waals surface area contributed by atoms with Gasteiger partial charge in [0.1, 0.15) is 18.1 Å². The second-order valence-corrected chi connectivity index (χ2v) is 13.5. The van der Waals surface area contributed by atoms with Gasteiger partial charge in [0.05, 0.1) is 0 Å². The lowest BCUT2D eigenvalue weighted by atomic mass is 9.83. The van der Waals surface area contributed by atoms with E-state index in [9.17, 15) is 37.1 Å². The number of halogens is 3. The zero-order chi connectivity index (χ0) is 29.9. The van der Waals surface area contributed by atoms with Crippen LogP contribution < -0.4 is 21.7 Å². The molecule has 2 aliphatic heterocycles. The SMILES string of the molecule is CC1(C)CCC(C[C@H](NC(=O)[C@@H]2[C@@H]3[C@H](CN2C(=O)[C@@H](NC(=O)C(F)(F)F)C(C)(C)C)C3(C)C)C(N)=O)C(=O)N1. The maximum atomic E-state index is 13.6. The van der Waals surface area contributed by atoms with Gasteiger partial charge in [-0.25, -0.2) is 0 Å². The highest BCUT2D eigenvalue weighted by Crippen LogP contribution is 2.65. The fraction of sp³-hybridized carbons (Fsp3) is 0.808. The molecule has 1 aliphatic carbocycles. The zero-order valence-corrected chi connectivity index (χ0v) is 23.5. The number of primary amides is 1. The lowest BCUT2D eigenvalue weighted by Crippen LogP contribution is -2.61. The summed E-state index contributed by atoms with van der Waals surface area (Å²) in [7, 11) is 0. The van der Waals surface area contributed by atoms with Crippen LogP contribution in [0.25, 0.3) is 0 Å². The first-order valence-corrected chi connectivity index (χ1v) is 13.2. The van der Waals surface area contributed by atoms with Crippen molar-refractivity contribution < 1.29 is 37.1 Å². The highest BCUT2D eigenvalue weighted by atomic mass is 19.4. The molecular weight excluding hydrogens is 519 g/mol. The first-order valence-electron chi connectivity index (χ1n) is 13.2. The minimum atomic E-state index is -5.19. The van der Waals surface area contributed by atoms with E-state index in [-0.39, 0.29) is 41.7 Å². The number of rotatable bonds is 7. The minimum Gasteiger partial charge on any atom is -0.368 e. The number of amides is 5. The number of nitrogens with zero attached hydrogens (tertiary/aromatic N) is 1. The number of hydrogen-bond donors (Lipinski definition) is 4. The topological polar surface area (TPSA) is 151 Å². The molecular formula is C26H40F3N5O5. The van der Waals surface area contributed by atoms with E-state index in [1.165, 1.54) is 25.7 Å². The number of hydrogen-bond acceptors (Lipinski definition) is 5. The van der Waals surface area contributed by atoms with Gasteiger partial charge in [0, 0.05) is 18.0 Å². The van der Waals surface area contributed by atoms with Gasteiger partial charge in [0.15, 0.2) is 0 Å². The number of piperidine rings is 2. The van der Waals surface area contributed by atoms with Crippen LogP contribution in [-0.4, -0.2) is 70.8 Å². The molecule has 5 amide bonds. The van der Waals surface area contributed by atoms with Gasteiger partial charge in [-0.3, -0.25) is 24.0 Å². The first-order chi connectivity index (χ1) is 17.6. The Kier molecular flexibility index (Phi) is 7.83. The van der Waals surface area contributed by atoms with Crippen LogP contribution in [0.3, 0.4) is 0 Å². The third kappa shape index (κ3) is 6.32. The normalized spacial score (nSPS) is 29.0. The molecule has 1 unspecified atom stereocenters. The van der Waals surface area contributed by atoms with Crippen LogP contribution in [-0.2, 0) is 24.0 Å². The summed E-state index contributed by atoms with van der Waals surface area (Å²) >= 11 is 0. The Balaban J connectivity index is 1.82. The molecule has 1 saturated carbocycles.